The van der Waals surface area contributed by atoms with Crippen molar-refractivity contribution in [3.8, 4) is 0 Å². The van der Waals surface area contributed by atoms with Crippen LogP contribution in [0.4, 0.5) is 0 Å². The zero-order valence-corrected chi connectivity index (χ0v) is 8.75. The number of aromatic carboxylic acids is 1. The fraction of sp³-hybridized carbons (Fsp3) is 0.545. The minimum absolute atomic E-state index is 0.374. The van der Waals surface area contributed by atoms with E-state index in [1.807, 2.05) is 6.92 Å². The minimum Gasteiger partial charge on any atom is -0.478 e. The molecule has 0 saturated heterocycles. The molecule has 0 spiro atoms. The number of carboxylic acid groups (broad SMARTS) is 1. The van der Waals surface area contributed by atoms with Crippen LogP contribution in [0.3, 0.4) is 0 Å². The highest BCUT2D eigenvalue weighted by molar-refractivity contribution is 5.90. The van der Waals surface area contributed by atoms with E-state index in [0.717, 1.165) is 24.9 Å². The molecule has 82 valence electrons. The summed E-state index contributed by atoms with van der Waals surface area (Å²) in [5.41, 5.74) is 1.24. The maximum Gasteiger partial charge on any atom is 0.339 e. The highest BCUT2D eigenvalue weighted by atomic mass is 16.4. The maximum absolute atomic E-state index is 11.1. The molecule has 0 amide bonds. The first-order valence-electron chi connectivity index (χ1n) is 5.28. The number of carboxylic acids is 1. The van der Waals surface area contributed by atoms with Crippen LogP contribution in [-0.4, -0.2) is 17.6 Å². The van der Waals surface area contributed by atoms with Crippen molar-refractivity contribution < 1.29 is 14.3 Å². The van der Waals surface area contributed by atoms with Crippen LogP contribution in [0.5, 0.6) is 0 Å². The Morgan fingerprint density at radius 2 is 2.40 bits per heavy atom. The first-order chi connectivity index (χ1) is 7.24. The number of nitrogens with one attached hydrogen (secondary N) is 1. The summed E-state index contributed by atoms with van der Waals surface area (Å²) < 4.78 is 5.32. The Kier molecular flexibility index (Phi) is 2.77. The molecule has 2 rings (SSSR count). The lowest BCUT2D eigenvalue weighted by Crippen LogP contribution is -2.14. The molecule has 15 heavy (non-hydrogen) atoms. The first kappa shape index (κ1) is 10.2. The van der Waals surface area contributed by atoms with Crippen molar-refractivity contribution in [2.45, 2.75) is 32.2 Å². The van der Waals surface area contributed by atoms with E-state index in [0.29, 0.717) is 23.8 Å². The smallest absolute Gasteiger partial charge is 0.339 e. The number of hydrogen-bond acceptors (Lipinski definition) is 3. The lowest BCUT2D eigenvalue weighted by Gasteiger charge is -2.00. The second kappa shape index (κ2) is 4.06. The summed E-state index contributed by atoms with van der Waals surface area (Å²) in [5.74, 6) is 0.0834. The van der Waals surface area contributed by atoms with Crippen LogP contribution in [0.25, 0.3) is 0 Å². The van der Waals surface area contributed by atoms with Crippen molar-refractivity contribution in [1.82, 2.24) is 5.32 Å². The molecule has 0 bridgehead atoms. The molecule has 1 aromatic rings. The normalized spacial score (nSPS) is 15.5. The topological polar surface area (TPSA) is 62.5 Å². The predicted molar refractivity (Wildman–Crippen MR) is 55.0 cm³/mol. The summed E-state index contributed by atoms with van der Waals surface area (Å²) >= 11 is 0. The average Bonchev–Trinajstić information content (AvgIpc) is 2.95. The van der Waals surface area contributed by atoms with Crippen LogP contribution in [0, 0.1) is 0 Å². The minimum atomic E-state index is -0.876. The van der Waals surface area contributed by atoms with Gasteiger partial charge in [0, 0.05) is 5.56 Å². The van der Waals surface area contributed by atoms with Crippen molar-refractivity contribution >= 4 is 5.97 Å². The fourth-order valence-corrected chi connectivity index (χ4v) is 1.72. The van der Waals surface area contributed by atoms with E-state index in [1.54, 1.807) is 6.26 Å². The van der Waals surface area contributed by atoms with Gasteiger partial charge in [-0.2, -0.15) is 0 Å². The van der Waals surface area contributed by atoms with E-state index in [9.17, 15) is 4.79 Å². The van der Waals surface area contributed by atoms with Crippen molar-refractivity contribution in [1.29, 1.82) is 0 Å². The van der Waals surface area contributed by atoms with Gasteiger partial charge in [0.15, 0.2) is 0 Å². The van der Waals surface area contributed by atoms with Gasteiger partial charge in [0.2, 0.25) is 0 Å². The Morgan fingerprint density at radius 1 is 1.67 bits per heavy atom. The molecule has 1 aliphatic rings. The summed E-state index contributed by atoms with van der Waals surface area (Å²) in [6, 6.07) is 0. The number of hydrogen-bond donors (Lipinski definition) is 2. The van der Waals surface area contributed by atoms with Gasteiger partial charge < -0.3 is 14.8 Å². The molecule has 4 nitrogen and oxygen atoms in total. The molecule has 0 aromatic carbocycles. The first-order valence-corrected chi connectivity index (χ1v) is 5.28. The van der Waals surface area contributed by atoms with Crippen molar-refractivity contribution in [2.24, 2.45) is 0 Å². The molecule has 2 N–H and O–H groups in total. The summed E-state index contributed by atoms with van der Waals surface area (Å²) in [5, 5.41) is 12.2. The summed E-state index contributed by atoms with van der Waals surface area (Å²) in [6.45, 7) is 3.27. The van der Waals surface area contributed by atoms with E-state index in [2.05, 4.69) is 5.32 Å². The summed E-state index contributed by atoms with van der Waals surface area (Å²) in [4.78, 5) is 11.1. The number of furan rings is 1. The maximum atomic E-state index is 11.1. The van der Waals surface area contributed by atoms with E-state index >= 15 is 0 Å². The Hall–Kier alpha value is -1.29. The molecule has 4 heteroatoms. The SMILES string of the molecule is CCNCc1occ(C2CC2)c1C(=O)O. The number of carbonyl (C=O) groups is 1. The molecule has 0 aliphatic heterocycles. The van der Waals surface area contributed by atoms with Crippen LogP contribution in [0.1, 0.15) is 47.4 Å². The van der Waals surface area contributed by atoms with Gasteiger partial charge in [-0.05, 0) is 25.3 Å². The van der Waals surface area contributed by atoms with Crippen molar-refractivity contribution in [3.05, 3.63) is 23.2 Å². The second-order valence-corrected chi connectivity index (χ2v) is 3.85. The van der Waals surface area contributed by atoms with Gasteiger partial charge in [0.25, 0.3) is 0 Å². The summed E-state index contributed by atoms with van der Waals surface area (Å²) in [7, 11) is 0. The van der Waals surface area contributed by atoms with E-state index < -0.39 is 5.97 Å². The van der Waals surface area contributed by atoms with Gasteiger partial charge in [-0.3, -0.25) is 0 Å². The Bertz CT molecular complexity index is 366. The van der Waals surface area contributed by atoms with Gasteiger partial charge >= 0.3 is 5.97 Å². The zero-order chi connectivity index (χ0) is 10.8. The lowest BCUT2D eigenvalue weighted by molar-refractivity contribution is 0.0693. The van der Waals surface area contributed by atoms with Crippen LogP contribution in [0.2, 0.25) is 0 Å². The van der Waals surface area contributed by atoms with Crippen LogP contribution in [0.15, 0.2) is 10.7 Å². The van der Waals surface area contributed by atoms with Gasteiger partial charge in [0.1, 0.15) is 11.3 Å². The zero-order valence-electron chi connectivity index (χ0n) is 8.75. The molecular weight excluding hydrogens is 194 g/mol. The quantitative estimate of drug-likeness (QED) is 0.778. The molecule has 0 radical (unpaired) electrons. The third-order valence-corrected chi connectivity index (χ3v) is 2.66. The molecular formula is C11H15NO3. The standard InChI is InChI=1S/C11H15NO3/c1-2-12-5-9-10(11(13)14)8(6-15-9)7-3-4-7/h6-7,12H,2-5H2,1H3,(H,13,14). The van der Waals surface area contributed by atoms with Crippen molar-refractivity contribution in [2.75, 3.05) is 6.54 Å². The van der Waals surface area contributed by atoms with E-state index in [1.165, 1.54) is 0 Å². The largest absolute Gasteiger partial charge is 0.478 e. The average molecular weight is 209 g/mol. The molecule has 1 heterocycles. The van der Waals surface area contributed by atoms with Crippen LogP contribution >= 0.6 is 0 Å². The van der Waals surface area contributed by atoms with Crippen LogP contribution < -0.4 is 5.32 Å². The Morgan fingerprint density at radius 3 is 2.93 bits per heavy atom. The molecule has 1 fully saturated rings. The van der Waals surface area contributed by atoms with Crippen LogP contribution in [-0.2, 0) is 6.54 Å². The van der Waals surface area contributed by atoms with Crippen molar-refractivity contribution in [3.63, 3.8) is 0 Å². The molecule has 0 unspecified atom stereocenters. The fourth-order valence-electron chi connectivity index (χ4n) is 1.72. The Balaban J connectivity index is 2.25. The number of rotatable bonds is 5. The highest BCUT2D eigenvalue weighted by Gasteiger charge is 2.32. The van der Waals surface area contributed by atoms with Gasteiger partial charge in [-0.1, -0.05) is 6.92 Å². The molecule has 1 saturated carbocycles. The van der Waals surface area contributed by atoms with Gasteiger partial charge in [-0.25, -0.2) is 4.79 Å². The van der Waals surface area contributed by atoms with E-state index in [4.69, 9.17) is 9.52 Å². The highest BCUT2D eigenvalue weighted by Crippen LogP contribution is 2.43. The molecule has 1 aliphatic carbocycles. The second-order valence-electron chi connectivity index (χ2n) is 3.85. The molecule has 1 aromatic heterocycles. The molecule has 0 atom stereocenters. The lowest BCUT2D eigenvalue weighted by atomic mass is 10.1. The van der Waals surface area contributed by atoms with Gasteiger partial charge in [-0.15, -0.1) is 0 Å². The van der Waals surface area contributed by atoms with Gasteiger partial charge in [0.05, 0.1) is 12.8 Å². The predicted octanol–water partition coefficient (Wildman–Crippen LogP) is 1.96. The Labute approximate surface area is 88.3 Å². The van der Waals surface area contributed by atoms with E-state index in [-0.39, 0.29) is 0 Å². The summed E-state index contributed by atoms with van der Waals surface area (Å²) in [6.07, 6.45) is 3.77. The third kappa shape index (κ3) is 2.04. The third-order valence-electron chi connectivity index (χ3n) is 2.66. The monoisotopic (exact) mass is 209 g/mol.